The fraction of sp³-hybridized carbons (Fsp3) is 0.176. The Balaban J connectivity index is 1.81. The fourth-order valence-electron chi connectivity index (χ4n) is 2.39. The van der Waals surface area contributed by atoms with E-state index in [1.807, 2.05) is 49.4 Å². The van der Waals surface area contributed by atoms with Gasteiger partial charge in [0.15, 0.2) is 5.82 Å². The number of nitrogens with zero attached hydrogens (tertiary/aromatic N) is 5. The lowest BCUT2D eigenvalue weighted by Crippen LogP contribution is -2.26. The number of aromatic nitrogens is 4. The summed E-state index contributed by atoms with van der Waals surface area (Å²) in [7, 11) is 1.80. The van der Waals surface area contributed by atoms with Gasteiger partial charge in [0.05, 0.1) is 5.69 Å². The average molecular weight is 307 g/mol. The molecule has 0 atom stereocenters. The largest absolute Gasteiger partial charge is 0.337 e. The molecule has 1 aromatic heterocycles. The summed E-state index contributed by atoms with van der Waals surface area (Å²) in [4.78, 5) is 14.3. The number of benzene rings is 2. The first kappa shape index (κ1) is 14.9. The summed E-state index contributed by atoms with van der Waals surface area (Å²) in [6.45, 7) is 2.38. The quantitative estimate of drug-likeness (QED) is 0.741. The van der Waals surface area contributed by atoms with Gasteiger partial charge in [0.25, 0.3) is 5.91 Å². The standard InChI is InChI=1S/C17H17N5O/c1-13-18-19-20-22(13)16-10-6-9-15(11-16)17(23)21(2)12-14-7-4-3-5-8-14/h3-11H,12H2,1-2H3. The van der Waals surface area contributed by atoms with Crippen LogP contribution in [0.2, 0.25) is 0 Å². The number of carbonyl (C=O) groups is 1. The molecule has 23 heavy (non-hydrogen) atoms. The van der Waals surface area contributed by atoms with Crippen LogP contribution in [0.15, 0.2) is 54.6 Å². The number of hydrogen-bond acceptors (Lipinski definition) is 4. The number of amides is 1. The summed E-state index contributed by atoms with van der Waals surface area (Å²) in [5.41, 5.74) is 2.47. The molecule has 1 amide bonds. The first-order valence-corrected chi connectivity index (χ1v) is 7.30. The molecule has 1 heterocycles. The Labute approximate surface area is 134 Å². The zero-order valence-corrected chi connectivity index (χ0v) is 13.0. The van der Waals surface area contributed by atoms with Crippen LogP contribution in [0.5, 0.6) is 0 Å². The van der Waals surface area contributed by atoms with Crippen molar-refractivity contribution in [2.45, 2.75) is 13.5 Å². The van der Waals surface area contributed by atoms with Gasteiger partial charge in [0, 0.05) is 19.2 Å². The Morgan fingerprint density at radius 3 is 2.61 bits per heavy atom. The maximum Gasteiger partial charge on any atom is 0.253 e. The average Bonchev–Trinajstić information content (AvgIpc) is 3.01. The smallest absolute Gasteiger partial charge is 0.253 e. The van der Waals surface area contributed by atoms with Gasteiger partial charge in [0.1, 0.15) is 0 Å². The number of tetrazole rings is 1. The lowest BCUT2D eigenvalue weighted by Gasteiger charge is -2.17. The highest BCUT2D eigenvalue weighted by atomic mass is 16.2. The zero-order valence-electron chi connectivity index (χ0n) is 13.0. The highest BCUT2D eigenvalue weighted by Gasteiger charge is 2.13. The van der Waals surface area contributed by atoms with Crippen molar-refractivity contribution >= 4 is 5.91 Å². The first-order valence-electron chi connectivity index (χ1n) is 7.30. The van der Waals surface area contributed by atoms with Crippen molar-refractivity contribution in [2.75, 3.05) is 7.05 Å². The number of hydrogen-bond donors (Lipinski definition) is 0. The molecule has 2 aromatic carbocycles. The normalized spacial score (nSPS) is 10.5. The van der Waals surface area contributed by atoms with Crippen LogP contribution in [0, 0.1) is 6.92 Å². The van der Waals surface area contributed by atoms with Crippen LogP contribution < -0.4 is 0 Å². The van der Waals surface area contributed by atoms with E-state index in [-0.39, 0.29) is 5.91 Å². The van der Waals surface area contributed by atoms with E-state index >= 15 is 0 Å². The molecular formula is C17H17N5O. The molecule has 116 valence electrons. The molecule has 0 radical (unpaired) electrons. The van der Waals surface area contributed by atoms with Gasteiger partial charge in [-0.15, -0.1) is 5.10 Å². The Morgan fingerprint density at radius 2 is 1.91 bits per heavy atom. The molecule has 0 bridgehead atoms. The third-order valence-corrected chi connectivity index (χ3v) is 3.57. The van der Waals surface area contributed by atoms with Gasteiger partial charge < -0.3 is 4.90 Å². The van der Waals surface area contributed by atoms with Crippen molar-refractivity contribution < 1.29 is 4.79 Å². The summed E-state index contributed by atoms with van der Waals surface area (Å²) in [6.07, 6.45) is 0. The molecule has 0 spiro atoms. The van der Waals surface area contributed by atoms with Crippen molar-refractivity contribution in [3.05, 3.63) is 71.5 Å². The van der Waals surface area contributed by atoms with E-state index < -0.39 is 0 Å². The molecule has 0 saturated carbocycles. The molecule has 3 aromatic rings. The molecular weight excluding hydrogens is 290 g/mol. The lowest BCUT2D eigenvalue weighted by molar-refractivity contribution is 0.0785. The summed E-state index contributed by atoms with van der Waals surface area (Å²) < 4.78 is 1.61. The molecule has 0 aliphatic heterocycles. The van der Waals surface area contributed by atoms with Crippen LogP contribution in [0.25, 0.3) is 5.69 Å². The summed E-state index contributed by atoms with van der Waals surface area (Å²) >= 11 is 0. The van der Waals surface area contributed by atoms with Crippen molar-refractivity contribution in [1.29, 1.82) is 0 Å². The van der Waals surface area contributed by atoms with E-state index in [1.165, 1.54) is 0 Å². The van der Waals surface area contributed by atoms with Crippen molar-refractivity contribution in [3.8, 4) is 5.69 Å². The van der Waals surface area contributed by atoms with E-state index in [0.717, 1.165) is 11.3 Å². The van der Waals surface area contributed by atoms with Gasteiger partial charge in [-0.2, -0.15) is 4.68 Å². The number of carbonyl (C=O) groups excluding carboxylic acids is 1. The summed E-state index contributed by atoms with van der Waals surface area (Å²) in [6, 6.07) is 17.2. The summed E-state index contributed by atoms with van der Waals surface area (Å²) in [5, 5.41) is 11.4. The second kappa shape index (κ2) is 6.39. The highest BCUT2D eigenvalue weighted by Crippen LogP contribution is 2.13. The molecule has 6 heteroatoms. The van der Waals surface area contributed by atoms with E-state index in [4.69, 9.17) is 0 Å². The van der Waals surface area contributed by atoms with Crippen molar-refractivity contribution in [2.24, 2.45) is 0 Å². The van der Waals surface area contributed by atoms with E-state index in [0.29, 0.717) is 17.9 Å². The minimum absolute atomic E-state index is 0.0403. The highest BCUT2D eigenvalue weighted by molar-refractivity contribution is 5.94. The monoisotopic (exact) mass is 307 g/mol. The van der Waals surface area contributed by atoms with Gasteiger partial charge in [0.2, 0.25) is 0 Å². The van der Waals surface area contributed by atoms with Crippen LogP contribution in [0.4, 0.5) is 0 Å². The van der Waals surface area contributed by atoms with E-state index in [1.54, 1.807) is 28.8 Å². The Hall–Kier alpha value is -3.02. The molecule has 0 aliphatic rings. The van der Waals surface area contributed by atoms with Crippen molar-refractivity contribution in [3.63, 3.8) is 0 Å². The minimum Gasteiger partial charge on any atom is -0.337 e. The number of aryl methyl sites for hydroxylation is 1. The fourth-order valence-corrected chi connectivity index (χ4v) is 2.39. The molecule has 0 unspecified atom stereocenters. The molecule has 0 fully saturated rings. The Kier molecular flexibility index (Phi) is 4.14. The Morgan fingerprint density at radius 1 is 1.13 bits per heavy atom. The van der Waals surface area contributed by atoms with Crippen LogP contribution in [0.1, 0.15) is 21.7 Å². The predicted molar refractivity (Wildman–Crippen MR) is 86.1 cm³/mol. The van der Waals surface area contributed by atoms with Gasteiger partial charge in [-0.1, -0.05) is 36.4 Å². The first-order chi connectivity index (χ1) is 11.1. The molecule has 6 nitrogen and oxygen atoms in total. The van der Waals surface area contributed by atoms with Crippen molar-refractivity contribution in [1.82, 2.24) is 25.1 Å². The van der Waals surface area contributed by atoms with Gasteiger partial charge >= 0.3 is 0 Å². The van der Waals surface area contributed by atoms with Gasteiger partial charge in [-0.05, 0) is 41.1 Å². The molecule has 0 saturated heterocycles. The zero-order chi connectivity index (χ0) is 16.2. The van der Waals surface area contributed by atoms with Gasteiger partial charge in [-0.25, -0.2) is 0 Å². The Bertz CT molecular complexity index is 813. The van der Waals surface area contributed by atoms with Crippen LogP contribution in [-0.4, -0.2) is 38.1 Å². The molecule has 0 N–H and O–H groups in total. The lowest BCUT2D eigenvalue weighted by atomic mass is 10.1. The van der Waals surface area contributed by atoms with Gasteiger partial charge in [-0.3, -0.25) is 4.79 Å². The molecule has 3 rings (SSSR count). The second-order valence-corrected chi connectivity index (χ2v) is 5.34. The number of rotatable bonds is 4. The topological polar surface area (TPSA) is 63.9 Å². The van der Waals surface area contributed by atoms with Crippen LogP contribution in [-0.2, 0) is 6.54 Å². The molecule has 0 aliphatic carbocycles. The summed E-state index contributed by atoms with van der Waals surface area (Å²) in [5.74, 6) is 0.633. The maximum absolute atomic E-state index is 12.6. The second-order valence-electron chi connectivity index (χ2n) is 5.34. The third kappa shape index (κ3) is 3.26. The van der Waals surface area contributed by atoms with E-state index in [2.05, 4.69) is 15.5 Å². The third-order valence-electron chi connectivity index (χ3n) is 3.57. The van der Waals surface area contributed by atoms with Crippen LogP contribution >= 0.6 is 0 Å². The minimum atomic E-state index is -0.0403. The van der Waals surface area contributed by atoms with Crippen LogP contribution in [0.3, 0.4) is 0 Å². The maximum atomic E-state index is 12.6. The van der Waals surface area contributed by atoms with E-state index in [9.17, 15) is 4.79 Å². The predicted octanol–water partition coefficient (Wildman–Crippen LogP) is 2.24. The SMILES string of the molecule is Cc1nnnn1-c1cccc(C(=O)N(C)Cc2ccccc2)c1.